The molecule has 0 amide bonds. The highest BCUT2D eigenvalue weighted by Crippen LogP contribution is 2.38. The Bertz CT molecular complexity index is 718. The van der Waals surface area contributed by atoms with Crippen LogP contribution in [-0.2, 0) is 6.42 Å². The number of benzene rings is 1. The predicted octanol–water partition coefficient (Wildman–Crippen LogP) is 2.69. The second kappa shape index (κ2) is 5.88. The van der Waals surface area contributed by atoms with E-state index in [1.54, 1.807) is 14.2 Å². The molecule has 0 aliphatic rings. The predicted molar refractivity (Wildman–Crippen MR) is 83.2 cm³/mol. The zero-order valence-electron chi connectivity index (χ0n) is 13.0. The molecule has 0 bridgehead atoms. The standard InChI is InChI=1S/C16H19N3O2/c1-10-12(6-7-17)16(19(2)3)13-8-11(20-4)9-14(21-5)15(13)18-10/h8-9H,6H2,1-5H3. The Morgan fingerprint density at radius 3 is 2.48 bits per heavy atom. The van der Waals surface area contributed by atoms with E-state index in [0.29, 0.717) is 17.9 Å². The van der Waals surface area contributed by atoms with Crippen LogP contribution in [0.2, 0.25) is 0 Å². The molecular weight excluding hydrogens is 266 g/mol. The average Bonchev–Trinajstić information content (AvgIpc) is 2.46. The van der Waals surface area contributed by atoms with Crippen molar-refractivity contribution in [3.8, 4) is 17.6 Å². The fourth-order valence-corrected chi connectivity index (χ4v) is 2.52. The summed E-state index contributed by atoms with van der Waals surface area (Å²) in [5.41, 5.74) is 3.54. The molecule has 110 valence electrons. The summed E-state index contributed by atoms with van der Waals surface area (Å²) in [6.07, 6.45) is 0.321. The van der Waals surface area contributed by atoms with Gasteiger partial charge in [-0.3, -0.25) is 0 Å². The van der Waals surface area contributed by atoms with Gasteiger partial charge in [0.1, 0.15) is 17.0 Å². The molecule has 0 saturated heterocycles. The molecule has 0 spiro atoms. The van der Waals surface area contributed by atoms with Gasteiger partial charge < -0.3 is 14.4 Å². The van der Waals surface area contributed by atoms with E-state index in [0.717, 1.165) is 27.8 Å². The molecule has 21 heavy (non-hydrogen) atoms. The minimum Gasteiger partial charge on any atom is -0.497 e. The zero-order valence-corrected chi connectivity index (χ0v) is 13.0. The van der Waals surface area contributed by atoms with Crippen molar-refractivity contribution in [2.45, 2.75) is 13.3 Å². The van der Waals surface area contributed by atoms with Crippen LogP contribution in [0.15, 0.2) is 12.1 Å². The molecule has 0 fully saturated rings. The molecule has 0 aliphatic carbocycles. The smallest absolute Gasteiger partial charge is 0.148 e. The molecular formula is C16H19N3O2. The van der Waals surface area contributed by atoms with E-state index in [-0.39, 0.29) is 0 Å². The third-order valence-electron chi connectivity index (χ3n) is 3.46. The van der Waals surface area contributed by atoms with Crippen LogP contribution in [0.4, 0.5) is 5.69 Å². The summed E-state index contributed by atoms with van der Waals surface area (Å²) >= 11 is 0. The van der Waals surface area contributed by atoms with Gasteiger partial charge >= 0.3 is 0 Å². The highest BCUT2D eigenvalue weighted by Gasteiger charge is 2.18. The first-order valence-electron chi connectivity index (χ1n) is 6.63. The Morgan fingerprint density at radius 1 is 1.24 bits per heavy atom. The molecule has 2 aromatic rings. The summed E-state index contributed by atoms with van der Waals surface area (Å²) in [5.74, 6) is 1.37. The summed E-state index contributed by atoms with van der Waals surface area (Å²) in [5, 5.41) is 10.0. The minimum atomic E-state index is 0.321. The van der Waals surface area contributed by atoms with Gasteiger partial charge in [-0.1, -0.05) is 0 Å². The number of ether oxygens (including phenoxy) is 2. The Kier molecular flexibility index (Phi) is 4.18. The van der Waals surface area contributed by atoms with E-state index >= 15 is 0 Å². The Labute approximate surface area is 124 Å². The molecule has 5 nitrogen and oxygen atoms in total. The largest absolute Gasteiger partial charge is 0.497 e. The average molecular weight is 285 g/mol. The Morgan fingerprint density at radius 2 is 1.95 bits per heavy atom. The van der Waals surface area contributed by atoms with Crippen LogP contribution in [-0.4, -0.2) is 33.3 Å². The Balaban J connectivity index is 2.93. The van der Waals surface area contributed by atoms with E-state index in [1.807, 2.05) is 38.1 Å². The van der Waals surface area contributed by atoms with E-state index in [9.17, 15) is 0 Å². The maximum atomic E-state index is 9.08. The fourth-order valence-electron chi connectivity index (χ4n) is 2.52. The number of fused-ring (bicyclic) bond motifs is 1. The summed E-state index contributed by atoms with van der Waals surface area (Å²) in [7, 11) is 7.15. The molecule has 0 radical (unpaired) electrons. The summed E-state index contributed by atoms with van der Waals surface area (Å²) in [4.78, 5) is 6.63. The lowest BCUT2D eigenvalue weighted by molar-refractivity contribution is 0.397. The number of hydrogen-bond donors (Lipinski definition) is 0. The van der Waals surface area contributed by atoms with Gasteiger partial charge in [0.05, 0.1) is 32.4 Å². The number of hydrogen-bond acceptors (Lipinski definition) is 5. The number of pyridine rings is 1. The topological polar surface area (TPSA) is 58.4 Å². The van der Waals surface area contributed by atoms with Gasteiger partial charge in [0.2, 0.25) is 0 Å². The van der Waals surface area contributed by atoms with Crippen LogP contribution in [0.25, 0.3) is 10.9 Å². The fraction of sp³-hybridized carbons (Fsp3) is 0.375. The molecule has 0 unspecified atom stereocenters. The summed E-state index contributed by atoms with van der Waals surface area (Å²) in [6, 6.07) is 5.96. The maximum Gasteiger partial charge on any atom is 0.148 e. The molecule has 5 heteroatoms. The van der Waals surface area contributed by atoms with Crippen molar-refractivity contribution < 1.29 is 9.47 Å². The van der Waals surface area contributed by atoms with E-state index in [2.05, 4.69) is 11.1 Å². The Hall–Kier alpha value is -2.48. The van der Waals surface area contributed by atoms with Gasteiger partial charge in [-0.2, -0.15) is 5.26 Å². The normalized spacial score (nSPS) is 10.3. The first kappa shape index (κ1) is 14.9. The van der Waals surface area contributed by atoms with Gasteiger partial charge in [-0.15, -0.1) is 0 Å². The third-order valence-corrected chi connectivity index (χ3v) is 3.46. The number of anilines is 1. The van der Waals surface area contributed by atoms with E-state index in [4.69, 9.17) is 14.7 Å². The van der Waals surface area contributed by atoms with Crippen LogP contribution in [0, 0.1) is 18.3 Å². The molecule has 1 aromatic heterocycles. The van der Waals surface area contributed by atoms with Crippen LogP contribution in [0.1, 0.15) is 11.3 Å². The first-order chi connectivity index (χ1) is 10.0. The van der Waals surface area contributed by atoms with Crippen molar-refractivity contribution in [2.75, 3.05) is 33.2 Å². The van der Waals surface area contributed by atoms with Crippen molar-refractivity contribution >= 4 is 16.6 Å². The summed E-state index contributed by atoms with van der Waals surface area (Å²) in [6.45, 7) is 1.92. The van der Waals surface area contributed by atoms with E-state index < -0.39 is 0 Å². The number of aryl methyl sites for hydroxylation is 1. The van der Waals surface area contributed by atoms with Crippen molar-refractivity contribution in [1.82, 2.24) is 4.98 Å². The number of rotatable bonds is 4. The van der Waals surface area contributed by atoms with Gasteiger partial charge in [0, 0.05) is 36.8 Å². The van der Waals surface area contributed by atoms with Crippen LogP contribution < -0.4 is 14.4 Å². The quantitative estimate of drug-likeness (QED) is 0.864. The molecule has 0 atom stereocenters. The molecule has 1 aromatic carbocycles. The second-order valence-electron chi connectivity index (χ2n) is 4.98. The van der Waals surface area contributed by atoms with Crippen molar-refractivity contribution in [2.24, 2.45) is 0 Å². The minimum absolute atomic E-state index is 0.321. The number of nitriles is 1. The second-order valence-corrected chi connectivity index (χ2v) is 4.98. The lowest BCUT2D eigenvalue weighted by Crippen LogP contribution is -2.14. The van der Waals surface area contributed by atoms with E-state index in [1.165, 1.54) is 0 Å². The van der Waals surface area contributed by atoms with Crippen molar-refractivity contribution in [1.29, 1.82) is 5.26 Å². The van der Waals surface area contributed by atoms with Crippen LogP contribution in [0.5, 0.6) is 11.5 Å². The highest BCUT2D eigenvalue weighted by atomic mass is 16.5. The number of methoxy groups -OCH3 is 2. The summed E-state index contributed by atoms with van der Waals surface area (Å²) < 4.78 is 10.8. The lowest BCUT2D eigenvalue weighted by Gasteiger charge is -2.21. The monoisotopic (exact) mass is 285 g/mol. The maximum absolute atomic E-state index is 9.08. The number of aromatic nitrogens is 1. The molecule has 0 saturated carbocycles. The molecule has 1 heterocycles. The lowest BCUT2D eigenvalue weighted by atomic mass is 10.0. The van der Waals surface area contributed by atoms with Gasteiger partial charge in [0.15, 0.2) is 0 Å². The van der Waals surface area contributed by atoms with Crippen LogP contribution in [0.3, 0.4) is 0 Å². The van der Waals surface area contributed by atoms with Crippen LogP contribution >= 0.6 is 0 Å². The highest BCUT2D eigenvalue weighted by molar-refractivity contribution is 5.98. The first-order valence-corrected chi connectivity index (χ1v) is 6.63. The number of nitrogens with zero attached hydrogens (tertiary/aromatic N) is 3. The van der Waals surface area contributed by atoms with Crippen molar-refractivity contribution in [3.63, 3.8) is 0 Å². The van der Waals surface area contributed by atoms with Gasteiger partial charge in [0.25, 0.3) is 0 Å². The molecule has 0 N–H and O–H groups in total. The molecule has 2 rings (SSSR count). The van der Waals surface area contributed by atoms with Crippen molar-refractivity contribution in [3.05, 3.63) is 23.4 Å². The third kappa shape index (κ3) is 2.57. The molecule has 0 aliphatic heterocycles. The zero-order chi connectivity index (χ0) is 15.6. The van der Waals surface area contributed by atoms with Gasteiger partial charge in [-0.25, -0.2) is 4.98 Å². The SMILES string of the molecule is COc1cc(OC)c2nc(C)c(CC#N)c(N(C)C)c2c1. The van der Waals surface area contributed by atoms with Gasteiger partial charge in [-0.05, 0) is 13.0 Å².